The number of hydrogen-bond acceptors (Lipinski definition) is 4. The summed E-state index contributed by atoms with van der Waals surface area (Å²) in [5.41, 5.74) is 0. The molecule has 1 atom stereocenters. The van der Waals surface area contributed by atoms with Crippen LogP contribution in [0.3, 0.4) is 0 Å². The number of nitrogens with zero attached hydrogens (tertiary/aromatic N) is 2. The minimum absolute atomic E-state index is 0.0655. The Kier molecular flexibility index (Phi) is 4.93. The molecule has 1 rings (SSSR count). The molecule has 0 aliphatic heterocycles. The van der Waals surface area contributed by atoms with Gasteiger partial charge < -0.3 is 9.67 Å². The molecule has 0 aliphatic carbocycles. The maximum Gasteiger partial charge on any atom is 0.259 e. The maximum atomic E-state index is 11.9. The van der Waals surface area contributed by atoms with Gasteiger partial charge in [-0.1, -0.05) is 6.92 Å². The lowest BCUT2D eigenvalue weighted by atomic mass is 10.2. The van der Waals surface area contributed by atoms with Crippen LogP contribution in [0.15, 0.2) is 11.2 Å². The van der Waals surface area contributed by atoms with E-state index >= 15 is 0 Å². The lowest BCUT2D eigenvalue weighted by molar-refractivity contribution is 0.270. The van der Waals surface area contributed by atoms with Gasteiger partial charge in [-0.05, 0) is 24.4 Å². The molecular formula is C9H16ClN3O3S. The van der Waals surface area contributed by atoms with Gasteiger partial charge in [-0.25, -0.2) is 18.1 Å². The fourth-order valence-corrected chi connectivity index (χ4v) is 2.87. The molecule has 2 N–H and O–H groups in total. The first-order valence-corrected chi connectivity index (χ1v) is 7.09. The molecule has 0 bridgehead atoms. The standard InChI is InChI=1S/C9H16ClN3O3S/c1-3-7(4-5-14)12-17(15,16)8-6-13(2)9(10)11-8/h6-7,12,14H,3-5H2,1-2H3. The number of aromatic nitrogens is 2. The van der Waals surface area contributed by atoms with Crippen LogP contribution in [0, 0.1) is 0 Å². The Labute approximate surface area is 106 Å². The second-order valence-corrected chi connectivity index (χ2v) is 5.70. The van der Waals surface area contributed by atoms with Crippen molar-refractivity contribution in [3.8, 4) is 0 Å². The highest BCUT2D eigenvalue weighted by Gasteiger charge is 2.22. The van der Waals surface area contributed by atoms with Crippen molar-refractivity contribution >= 4 is 21.6 Å². The molecule has 17 heavy (non-hydrogen) atoms. The first kappa shape index (κ1) is 14.4. The monoisotopic (exact) mass is 281 g/mol. The Hall–Kier alpha value is -0.630. The van der Waals surface area contributed by atoms with Crippen LogP contribution >= 0.6 is 11.6 Å². The average molecular weight is 282 g/mol. The predicted octanol–water partition coefficient (Wildman–Crippen LogP) is 0.513. The van der Waals surface area contributed by atoms with Crippen molar-refractivity contribution in [3.63, 3.8) is 0 Å². The van der Waals surface area contributed by atoms with Crippen LogP contribution in [0.1, 0.15) is 19.8 Å². The normalized spacial score (nSPS) is 13.9. The lowest BCUT2D eigenvalue weighted by Gasteiger charge is -2.14. The van der Waals surface area contributed by atoms with Gasteiger partial charge in [-0.2, -0.15) is 0 Å². The Morgan fingerprint density at radius 3 is 2.71 bits per heavy atom. The molecule has 6 nitrogen and oxygen atoms in total. The summed E-state index contributed by atoms with van der Waals surface area (Å²) in [6.07, 6.45) is 2.31. The van der Waals surface area contributed by atoms with E-state index in [0.29, 0.717) is 12.8 Å². The van der Waals surface area contributed by atoms with Gasteiger partial charge in [-0.3, -0.25) is 0 Å². The van der Waals surface area contributed by atoms with E-state index in [4.69, 9.17) is 16.7 Å². The van der Waals surface area contributed by atoms with Gasteiger partial charge in [0.05, 0.1) is 0 Å². The third kappa shape index (κ3) is 3.67. The number of halogens is 1. The zero-order chi connectivity index (χ0) is 13.1. The number of aliphatic hydroxyl groups is 1. The smallest absolute Gasteiger partial charge is 0.259 e. The highest BCUT2D eigenvalue weighted by Crippen LogP contribution is 2.13. The van der Waals surface area contributed by atoms with Gasteiger partial charge in [0.1, 0.15) is 0 Å². The zero-order valence-corrected chi connectivity index (χ0v) is 11.3. The molecule has 0 saturated heterocycles. The first-order chi connectivity index (χ1) is 7.90. The number of hydrogen-bond donors (Lipinski definition) is 2. The van der Waals surface area contributed by atoms with E-state index in [1.165, 1.54) is 10.8 Å². The van der Waals surface area contributed by atoms with Crippen molar-refractivity contribution in [1.29, 1.82) is 0 Å². The summed E-state index contributed by atoms with van der Waals surface area (Å²) in [7, 11) is -2.06. The van der Waals surface area contributed by atoms with Crippen molar-refractivity contribution in [2.75, 3.05) is 6.61 Å². The summed E-state index contributed by atoms with van der Waals surface area (Å²) in [6, 6.07) is -0.300. The summed E-state index contributed by atoms with van der Waals surface area (Å²) in [6.45, 7) is 1.78. The minimum Gasteiger partial charge on any atom is -0.396 e. The molecule has 1 aromatic rings. The third-order valence-electron chi connectivity index (χ3n) is 2.37. The van der Waals surface area contributed by atoms with E-state index in [-0.39, 0.29) is 23.0 Å². The third-order valence-corrected chi connectivity index (χ3v) is 4.11. The van der Waals surface area contributed by atoms with Crippen LogP contribution in [-0.2, 0) is 17.1 Å². The number of sulfonamides is 1. The zero-order valence-electron chi connectivity index (χ0n) is 9.72. The summed E-state index contributed by atoms with van der Waals surface area (Å²) < 4.78 is 27.7. The Morgan fingerprint density at radius 1 is 1.65 bits per heavy atom. The Bertz CT molecular complexity index is 452. The highest BCUT2D eigenvalue weighted by molar-refractivity contribution is 7.89. The summed E-state index contributed by atoms with van der Waals surface area (Å²) in [5, 5.41) is 8.81. The van der Waals surface area contributed by atoms with E-state index in [1.807, 2.05) is 6.92 Å². The SMILES string of the molecule is CCC(CCO)NS(=O)(=O)c1cn(C)c(Cl)n1. The van der Waals surface area contributed by atoms with E-state index in [9.17, 15) is 8.42 Å². The second kappa shape index (κ2) is 5.81. The maximum absolute atomic E-state index is 11.9. The van der Waals surface area contributed by atoms with Crippen LogP contribution in [0.4, 0.5) is 0 Å². The van der Waals surface area contributed by atoms with Crippen LogP contribution in [-0.4, -0.2) is 35.7 Å². The van der Waals surface area contributed by atoms with Gasteiger partial charge in [0.2, 0.25) is 5.28 Å². The van der Waals surface area contributed by atoms with Crippen LogP contribution in [0.5, 0.6) is 0 Å². The molecule has 0 aromatic carbocycles. The van der Waals surface area contributed by atoms with Gasteiger partial charge in [0.15, 0.2) is 5.03 Å². The Morgan fingerprint density at radius 2 is 2.29 bits per heavy atom. The molecule has 0 amide bonds. The van der Waals surface area contributed by atoms with E-state index in [1.54, 1.807) is 7.05 Å². The van der Waals surface area contributed by atoms with E-state index < -0.39 is 10.0 Å². The number of aryl methyl sites for hydroxylation is 1. The summed E-state index contributed by atoms with van der Waals surface area (Å²) in [4.78, 5) is 3.74. The first-order valence-electron chi connectivity index (χ1n) is 5.22. The summed E-state index contributed by atoms with van der Waals surface area (Å²) in [5.74, 6) is 0. The molecule has 0 fully saturated rings. The second-order valence-electron chi connectivity index (χ2n) is 3.70. The fourth-order valence-electron chi connectivity index (χ4n) is 1.33. The van der Waals surface area contributed by atoms with E-state index in [0.717, 1.165) is 0 Å². The van der Waals surface area contributed by atoms with Gasteiger partial charge in [-0.15, -0.1) is 0 Å². The Balaban J connectivity index is 2.88. The molecular weight excluding hydrogens is 266 g/mol. The largest absolute Gasteiger partial charge is 0.396 e. The van der Waals surface area contributed by atoms with Crippen molar-refractivity contribution in [2.45, 2.75) is 30.8 Å². The van der Waals surface area contributed by atoms with Crippen molar-refractivity contribution in [1.82, 2.24) is 14.3 Å². The minimum atomic E-state index is -3.67. The fraction of sp³-hybridized carbons (Fsp3) is 0.667. The van der Waals surface area contributed by atoms with Crippen molar-refractivity contribution in [3.05, 3.63) is 11.5 Å². The van der Waals surface area contributed by atoms with Crippen LogP contribution < -0.4 is 4.72 Å². The van der Waals surface area contributed by atoms with Gasteiger partial charge >= 0.3 is 0 Å². The molecule has 1 heterocycles. The van der Waals surface area contributed by atoms with Crippen LogP contribution in [0.25, 0.3) is 0 Å². The predicted molar refractivity (Wildman–Crippen MR) is 64.3 cm³/mol. The molecule has 0 radical (unpaired) electrons. The molecule has 98 valence electrons. The highest BCUT2D eigenvalue weighted by atomic mass is 35.5. The molecule has 8 heteroatoms. The topological polar surface area (TPSA) is 84.2 Å². The van der Waals surface area contributed by atoms with Gasteiger partial charge in [0, 0.05) is 25.9 Å². The average Bonchev–Trinajstić information content (AvgIpc) is 2.59. The van der Waals surface area contributed by atoms with Crippen LogP contribution in [0.2, 0.25) is 5.28 Å². The number of rotatable bonds is 6. The van der Waals surface area contributed by atoms with Crippen molar-refractivity contribution in [2.24, 2.45) is 7.05 Å². The number of imidazole rings is 1. The van der Waals surface area contributed by atoms with Crippen molar-refractivity contribution < 1.29 is 13.5 Å². The molecule has 0 saturated carbocycles. The van der Waals surface area contributed by atoms with E-state index in [2.05, 4.69) is 9.71 Å². The summed E-state index contributed by atoms with van der Waals surface area (Å²) >= 11 is 5.69. The quantitative estimate of drug-likeness (QED) is 0.796. The number of nitrogens with one attached hydrogen (secondary N) is 1. The molecule has 1 aromatic heterocycles. The molecule has 1 unspecified atom stereocenters. The molecule has 0 aliphatic rings. The number of aliphatic hydroxyl groups excluding tert-OH is 1. The lowest BCUT2D eigenvalue weighted by Crippen LogP contribution is -2.35. The van der Waals surface area contributed by atoms with Gasteiger partial charge in [0.25, 0.3) is 10.0 Å². The molecule has 0 spiro atoms.